The highest BCUT2D eigenvalue weighted by Gasteiger charge is 2.64. The van der Waals surface area contributed by atoms with E-state index < -0.39 is 120 Å². The zero-order valence-corrected chi connectivity index (χ0v) is 24.4. The lowest BCUT2D eigenvalue weighted by Crippen LogP contribution is -2.65. The molecular formula is C24H23BrF3N3O11S. The number of carbonyl (C=O) groups excluding carboxylic acids is 4. The van der Waals surface area contributed by atoms with Crippen LogP contribution in [0.5, 0.6) is 11.5 Å². The quantitative estimate of drug-likeness (QED) is 0.0785. The van der Waals surface area contributed by atoms with Crippen molar-refractivity contribution in [1.29, 1.82) is 0 Å². The Bertz CT molecular complexity index is 1660. The maximum absolute atomic E-state index is 13.8. The number of nitrogens with two attached hydrogens (primary N) is 1. The van der Waals surface area contributed by atoms with Crippen molar-refractivity contribution in [2.45, 2.75) is 30.0 Å². The molecule has 19 heteroatoms. The second-order valence-electron chi connectivity index (χ2n) is 10.3. The molecule has 0 saturated heterocycles. The minimum atomic E-state index is -6.32. The Morgan fingerprint density at radius 1 is 1.23 bits per heavy atom. The number of nitrogens with one attached hydrogen (secondary N) is 1. The number of ketones is 2. The van der Waals surface area contributed by atoms with Gasteiger partial charge in [0.05, 0.1) is 16.9 Å². The van der Waals surface area contributed by atoms with Crippen LogP contribution in [0.1, 0.15) is 17.5 Å². The lowest BCUT2D eigenvalue weighted by atomic mass is 9.57. The maximum Gasteiger partial charge on any atom is 0.534 e. The van der Waals surface area contributed by atoms with Gasteiger partial charge in [-0.15, -0.1) is 0 Å². The van der Waals surface area contributed by atoms with E-state index >= 15 is 0 Å². The molecule has 3 aliphatic rings. The number of rotatable bonds is 6. The van der Waals surface area contributed by atoms with E-state index in [0.717, 1.165) is 0 Å². The molecule has 234 valence electrons. The van der Waals surface area contributed by atoms with E-state index in [1.165, 1.54) is 19.0 Å². The first-order chi connectivity index (χ1) is 19.7. The average Bonchev–Trinajstić information content (AvgIpc) is 2.86. The van der Waals surface area contributed by atoms with Crippen molar-refractivity contribution >= 4 is 60.9 Å². The smallest absolute Gasteiger partial charge is 0.508 e. The molecule has 1 fully saturated rings. The number of alkyl halides is 4. The summed E-state index contributed by atoms with van der Waals surface area (Å²) in [6.07, 6.45) is -0.733. The van der Waals surface area contributed by atoms with Crippen molar-refractivity contribution in [3.8, 4) is 11.5 Å². The SMILES string of the molecule is CN(C)[C@@H]1C(=O)C(C(N)=O)=C(O)[C@@]2(O)C(=O)C3=C(O)c4c(cc(OS(=O)(=O)C(F)(F)F)c(NC(=O)CBr)c4O)CC3CC12. The van der Waals surface area contributed by atoms with Crippen LogP contribution in [-0.4, -0.2) is 93.7 Å². The van der Waals surface area contributed by atoms with E-state index in [1.54, 1.807) is 0 Å². The van der Waals surface area contributed by atoms with Crippen LogP contribution in [0.25, 0.3) is 5.76 Å². The Labute approximate surface area is 248 Å². The molecule has 0 spiro atoms. The van der Waals surface area contributed by atoms with Crippen molar-refractivity contribution in [2.75, 3.05) is 24.7 Å². The molecular weight excluding hydrogens is 675 g/mol. The number of phenolic OH excluding ortho intramolecular Hbond substituents is 1. The Balaban J connectivity index is 1.97. The molecule has 0 aromatic heterocycles. The van der Waals surface area contributed by atoms with Crippen LogP contribution < -0.4 is 15.2 Å². The second kappa shape index (κ2) is 10.5. The molecule has 0 aliphatic heterocycles. The summed E-state index contributed by atoms with van der Waals surface area (Å²) >= 11 is 2.78. The number of anilines is 1. The molecule has 2 amide bonds. The maximum atomic E-state index is 13.8. The number of primary amides is 1. The molecule has 0 bridgehead atoms. The van der Waals surface area contributed by atoms with Gasteiger partial charge in [0.15, 0.2) is 22.9 Å². The monoisotopic (exact) mass is 697 g/mol. The van der Waals surface area contributed by atoms with Crippen LogP contribution in [0, 0.1) is 11.8 Å². The van der Waals surface area contributed by atoms with E-state index in [-0.39, 0.29) is 12.0 Å². The van der Waals surface area contributed by atoms with Gasteiger partial charge in [-0.25, -0.2) is 0 Å². The van der Waals surface area contributed by atoms with Crippen molar-refractivity contribution in [3.05, 3.63) is 34.1 Å². The number of nitrogens with zero attached hydrogens (tertiary/aromatic N) is 1. The molecule has 43 heavy (non-hydrogen) atoms. The van der Waals surface area contributed by atoms with Crippen LogP contribution in [0.2, 0.25) is 0 Å². The summed E-state index contributed by atoms with van der Waals surface area (Å²) in [5.74, 6) is -12.1. The number of halogens is 4. The number of fused-ring (bicyclic) bond motifs is 3. The largest absolute Gasteiger partial charge is 0.534 e. The van der Waals surface area contributed by atoms with Crippen molar-refractivity contribution in [1.82, 2.24) is 4.90 Å². The molecule has 1 saturated carbocycles. The van der Waals surface area contributed by atoms with E-state index in [0.29, 0.717) is 6.07 Å². The number of carbonyl (C=O) groups is 4. The summed E-state index contributed by atoms with van der Waals surface area (Å²) in [5, 5.41) is 46.1. The van der Waals surface area contributed by atoms with Gasteiger partial charge in [-0.3, -0.25) is 24.1 Å². The number of aromatic hydroxyl groups is 1. The normalized spacial score (nSPS) is 25.7. The van der Waals surface area contributed by atoms with Gasteiger partial charge < -0.3 is 35.7 Å². The number of phenols is 1. The van der Waals surface area contributed by atoms with Gasteiger partial charge in [-0.05, 0) is 44.5 Å². The fraction of sp³-hybridized carbons (Fsp3) is 0.417. The van der Waals surface area contributed by atoms with E-state index in [9.17, 15) is 61.2 Å². The second-order valence-corrected chi connectivity index (χ2v) is 12.4. The zero-order valence-electron chi connectivity index (χ0n) is 22.0. The molecule has 0 radical (unpaired) electrons. The van der Waals surface area contributed by atoms with Crippen molar-refractivity contribution < 1.29 is 65.4 Å². The van der Waals surface area contributed by atoms with E-state index in [1.807, 2.05) is 5.32 Å². The number of hydrogen-bond acceptors (Lipinski definition) is 12. The van der Waals surface area contributed by atoms with Crippen LogP contribution in [0.3, 0.4) is 0 Å². The highest BCUT2D eigenvalue weighted by molar-refractivity contribution is 9.09. The molecule has 7 N–H and O–H groups in total. The zero-order chi connectivity index (χ0) is 32.6. The highest BCUT2D eigenvalue weighted by Crippen LogP contribution is 2.54. The summed E-state index contributed by atoms with van der Waals surface area (Å²) in [7, 11) is -3.54. The van der Waals surface area contributed by atoms with Crippen LogP contribution in [-0.2, 0) is 35.7 Å². The number of Topliss-reactive ketones (excluding diaryl/α,β-unsaturated/α-hetero) is 2. The number of benzene rings is 1. The third-order valence-corrected chi connectivity index (χ3v) is 9.02. The summed E-state index contributed by atoms with van der Waals surface area (Å²) in [6.45, 7) is 0. The van der Waals surface area contributed by atoms with E-state index in [4.69, 9.17) is 5.73 Å². The summed E-state index contributed by atoms with van der Waals surface area (Å²) < 4.78 is 67.2. The molecule has 4 rings (SSSR count). The summed E-state index contributed by atoms with van der Waals surface area (Å²) in [6, 6.07) is -0.679. The summed E-state index contributed by atoms with van der Waals surface area (Å²) in [4.78, 5) is 52.3. The number of amides is 2. The Hall–Kier alpha value is -3.68. The Morgan fingerprint density at radius 2 is 1.84 bits per heavy atom. The molecule has 3 aliphatic carbocycles. The average molecular weight is 698 g/mol. The molecule has 14 nitrogen and oxygen atoms in total. The predicted molar refractivity (Wildman–Crippen MR) is 142 cm³/mol. The Morgan fingerprint density at radius 3 is 2.35 bits per heavy atom. The first-order valence-corrected chi connectivity index (χ1v) is 14.6. The van der Waals surface area contributed by atoms with Crippen LogP contribution >= 0.6 is 15.9 Å². The topological polar surface area (TPSA) is 234 Å². The van der Waals surface area contributed by atoms with Gasteiger partial charge >= 0.3 is 15.6 Å². The number of hydrogen-bond donors (Lipinski definition) is 6. The standard InChI is InChI=1S/C24H23BrF3N3O11S/c1-31(2)16-9-4-7-3-8-5-10(42-43(40,41)24(26,27)28)15(30-11(32)6-25)18(34)12(8)17(33)13(7)20(36)23(9,39)21(37)14(19(16)35)22(29)38/h5,7,9,16,33-34,37,39H,3-4,6H2,1-2H3,(H2,29,38)(H,30,32)/t7?,9?,16-,23-/m0/s1. The lowest BCUT2D eigenvalue weighted by molar-refractivity contribution is -0.153. The molecule has 0 heterocycles. The number of likely N-dealkylation sites (N-methyl/N-ethyl adjacent to an activating group) is 1. The third kappa shape index (κ3) is 4.83. The van der Waals surface area contributed by atoms with Crippen LogP contribution in [0.4, 0.5) is 18.9 Å². The van der Waals surface area contributed by atoms with Gasteiger partial charge in [-0.1, -0.05) is 15.9 Å². The van der Waals surface area contributed by atoms with Crippen molar-refractivity contribution in [3.63, 3.8) is 0 Å². The van der Waals surface area contributed by atoms with Gasteiger partial charge in [0.25, 0.3) is 5.91 Å². The Kier molecular flexibility index (Phi) is 7.87. The van der Waals surface area contributed by atoms with Crippen LogP contribution in [0.15, 0.2) is 23.0 Å². The number of aliphatic hydroxyl groups is 3. The fourth-order valence-corrected chi connectivity index (χ4v) is 6.40. The van der Waals surface area contributed by atoms with E-state index in [2.05, 4.69) is 20.1 Å². The first-order valence-electron chi connectivity index (χ1n) is 12.1. The molecule has 2 unspecified atom stereocenters. The fourth-order valence-electron chi connectivity index (χ4n) is 5.80. The molecule has 1 aromatic rings. The van der Waals surface area contributed by atoms with Crippen molar-refractivity contribution in [2.24, 2.45) is 17.6 Å². The lowest BCUT2D eigenvalue weighted by Gasteiger charge is -2.50. The minimum absolute atomic E-state index is 0.229. The predicted octanol–water partition coefficient (Wildman–Crippen LogP) is 0.526. The molecule has 4 atom stereocenters. The number of aliphatic hydroxyl groups excluding tert-OH is 2. The summed E-state index contributed by atoms with van der Waals surface area (Å²) in [5.41, 5.74) is -7.07. The first kappa shape index (κ1) is 32.2. The van der Waals surface area contributed by atoms with Gasteiger partial charge in [-0.2, -0.15) is 21.6 Å². The molecule has 1 aromatic carbocycles. The van der Waals surface area contributed by atoms with Gasteiger partial charge in [0.2, 0.25) is 11.7 Å². The van der Waals surface area contributed by atoms with Gasteiger partial charge in [0, 0.05) is 11.5 Å². The third-order valence-electron chi connectivity index (χ3n) is 7.54. The van der Waals surface area contributed by atoms with Gasteiger partial charge in [0.1, 0.15) is 22.8 Å². The minimum Gasteiger partial charge on any atom is -0.508 e. The highest BCUT2D eigenvalue weighted by atomic mass is 79.9.